The first-order valence-corrected chi connectivity index (χ1v) is 8.02. The van der Waals surface area contributed by atoms with Crippen molar-refractivity contribution in [3.8, 4) is 0 Å². The Bertz CT molecular complexity index is 595. The Kier molecular flexibility index (Phi) is 4.68. The molecule has 1 aliphatic rings. The van der Waals surface area contributed by atoms with Gasteiger partial charge in [-0.15, -0.1) is 0 Å². The molecule has 1 saturated carbocycles. The van der Waals surface area contributed by atoms with Crippen molar-refractivity contribution in [1.29, 1.82) is 0 Å². The summed E-state index contributed by atoms with van der Waals surface area (Å²) in [5.74, 6) is 2.53. The maximum Gasteiger partial charge on any atom is 0.133 e. The molecule has 0 radical (unpaired) electrons. The van der Waals surface area contributed by atoms with Crippen molar-refractivity contribution in [1.82, 2.24) is 14.9 Å². The van der Waals surface area contributed by atoms with Crippen molar-refractivity contribution in [2.45, 2.75) is 38.3 Å². The normalized spacial score (nSPS) is 15.8. The van der Waals surface area contributed by atoms with Crippen molar-refractivity contribution >= 4 is 5.82 Å². The van der Waals surface area contributed by atoms with Gasteiger partial charge in [0.25, 0.3) is 0 Å². The molecule has 1 aliphatic carbocycles. The minimum atomic E-state index is 0.343. The number of rotatable bonds is 7. The number of nitrogens with one attached hydrogen (secondary N) is 1. The molecule has 1 fully saturated rings. The van der Waals surface area contributed by atoms with E-state index in [4.69, 9.17) is 0 Å². The van der Waals surface area contributed by atoms with E-state index in [1.165, 1.54) is 18.4 Å². The average molecular weight is 296 g/mol. The van der Waals surface area contributed by atoms with Gasteiger partial charge in [0.1, 0.15) is 11.6 Å². The third-order valence-corrected chi connectivity index (χ3v) is 3.89. The van der Waals surface area contributed by atoms with Crippen LogP contribution in [0.5, 0.6) is 0 Å². The molecule has 0 bridgehead atoms. The molecule has 0 aliphatic heterocycles. The van der Waals surface area contributed by atoms with Gasteiger partial charge in [0.05, 0.1) is 0 Å². The second kappa shape index (κ2) is 6.88. The summed E-state index contributed by atoms with van der Waals surface area (Å²) in [7, 11) is 2.15. The van der Waals surface area contributed by atoms with Crippen LogP contribution >= 0.6 is 0 Å². The number of nitrogens with zero attached hydrogens (tertiary/aromatic N) is 3. The Morgan fingerprint density at radius 1 is 1.23 bits per heavy atom. The van der Waals surface area contributed by atoms with Crippen LogP contribution in [0, 0.1) is 0 Å². The van der Waals surface area contributed by atoms with Crippen LogP contribution in [0.15, 0.2) is 42.6 Å². The van der Waals surface area contributed by atoms with Gasteiger partial charge in [-0.2, -0.15) is 0 Å². The van der Waals surface area contributed by atoms with Crippen LogP contribution < -0.4 is 5.32 Å². The van der Waals surface area contributed by atoms with Crippen molar-refractivity contribution < 1.29 is 0 Å². The standard InChI is InChI=1S/C18H24N4/c1-14(12-22(2)13-15-6-4-3-5-7-15)20-17-10-11-19-18(21-17)16-8-9-16/h3-7,10-11,14,16H,8-9,12-13H2,1-2H3,(H,19,20,21). The zero-order valence-electron chi connectivity index (χ0n) is 13.4. The smallest absolute Gasteiger partial charge is 0.133 e. The van der Waals surface area contributed by atoms with Crippen molar-refractivity contribution in [2.24, 2.45) is 0 Å². The lowest BCUT2D eigenvalue weighted by Gasteiger charge is -2.22. The molecule has 1 N–H and O–H groups in total. The molecule has 3 rings (SSSR count). The number of benzene rings is 1. The average Bonchev–Trinajstić information content (AvgIpc) is 3.33. The lowest BCUT2D eigenvalue weighted by molar-refractivity contribution is 0.316. The van der Waals surface area contributed by atoms with E-state index < -0.39 is 0 Å². The number of aromatic nitrogens is 2. The van der Waals surface area contributed by atoms with Crippen molar-refractivity contribution in [2.75, 3.05) is 18.9 Å². The fourth-order valence-electron chi connectivity index (χ4n) is 2.72. The summed E-state index contributed by atoms with van der Waals surface area (Å²) in [6, 6.07) is 12.9. The van der Waals surface area contributed by atoms with Crippen LogP contribution in [0.3, 0.4) is 0 Å². The third-order valence-electron chi connectivity index (χ3n) is 3.89. The van der Waals surface area contributed by atoms with E-state index in [0.29, 0.717) is 12.0 Å². The third kappa shape index (κ3) is 4.28. The summed E-state index contributed by atoms with van der Waals surface area (Å²) >= 11 is 0. The van der Waals surface area contributed by atoms with Gasteiger partial charge >= 0.3 is 0 Å². The molecule has 116 valence electrons. The van der Waals surface area contributed by atoms with Crippen LogP contribution in [0.1, 0.15) is 37.1 Å². The molecule has 1 heterocycles. The van der Waals surface area contributed by atoms with Crippen LogP contribution in [0.25, 0.3) is 0 Å². The highest BCUT2D eigenvalue weighted by Gasteiger charge is 2.26. The van der Waals surface area contributed by atoms with Crippen molar-refractivity contribution in [3.63, 3.8) is 0 Å². The topological polar surface area (TPSA) is 41.0 Å². The van der Waals surface area contributed by atoms with E-state index in [2.05, 4.69) is 64.5 Å². The number of hydrogen-bond acceptors (Lipinski definition) is 4. The van der Waals surface area contributed by atoms with Crippen molar-refractivity contribution in [3.05, 3.63) is 54.0 Å². The lowest BCUT2D eigenvalue weighted by atomic mass is 10.2. The summed E-state index contributed by atoms with van der Waals surface area (Å²) in [5.41, 5.74) is 1.34. The van der Waals surface area contributed by atoms with E-state index in [0.717, 1.165) is 24.7 Å². The second-order valence-electron chi connectivity index (χ2n) is 6.30. The molecule has 0 saturated heterocycles. The van der Waals surface area contributed by atoms with Gasteiger partial charge in [-0.3, -0.25) is 0 Å². The predicted octanol–water partition coefficient (Wildman–Crippen LogP) is 3.29. The predicted molar refractivity (Wildman–Crippen MR) is 89.9 cm³/mol. The summed E-state index contributed by atoms with van der Waals surface area (Å²) < 4.78 is 0. The highest BCUT2D eigenvalue weighted by atomic mass is 15.1. The van der Waals surface area contributed by atoms with E-state index in [1.54, 1.807) is 0 Å². The maximum absolute atomic E-state index is 4.63. The van der Waals surface area contributed by atoms with Crippen LogP contribution in [0.2, 0.25) is 0 Å². The van der Waals surface area contributed by atoms with Gasteiger partial charge in [-0.25, -0.2) is 9.97 Å². The molecule has 4 heteroatoms. The number of likely N-dealkylation sites (N-methyl/N-ethyl adjacent to an activating group) is 1. The van der Waals surface area contributed by atoms with Crippen LogP contribution in [0.4, 0.5) is 5.82 Å². The van der Waals surface area contributed by atoms with Gasteiger partial charge in [0.15, 0.2) is 0 Å². The second-order valence-corrected chi connectivity index (χ2v) is 6.30. The quantitative estimate of drug-likeness (QED) is 0.851. The number of hydrogen-bond donors (Lipinski definition) is 1. The number of anilines is 1. The Hall–Kier alpha value is -1.94. The molecule has 22 heavy (non-hydrogen) atoms. The first kappa shape index (κ1) is 15.0. The van der Waals surface area contributed by atoms with Gasteiger partial charge < -0.3 is 10.2 Å². The summed E-state index contributed by atoms with van der Waals surface area (Å²) in [6.45, 7) is 4.13. The Morgan fingerprint density at radius 3 is 2.73 bits per heavy atom. The minimum Gasteiger partial charge on any atom is -0.366 e. The lowest BCUT2D eigenvalue weighted by Crippen LogP contribution is -2.32. The zero-order chi connectivity index (χ0) is 15.4. The van der Waals surface area contributed by atoms with Gasteiger partial charge in [-0.1, -0.05) is 30.3 Å². The molecule has 1 unspecified atom stereocenters. The molecule has 2 aromatic rings. The summed E-state index contributed by atoms with van der Waals surface area (Å²) in [4.78, 5) is 11.3. The van der Waals surface area contributed by atoms with Crippen LogP contribution in [-0.4, -0.2) is 34.5 Å². The highest BCUT2D eigenvalue weighted by Crippen LogP contribution is 2.38. The molecule has 1 atom stereocenters. The molecule has 4 nitrogen and oxygen atoms in total. The fraction of sp³-hybridized carbons (Fsp3) is 0.444. The van der Waals surface area contributed by atoms with E-state index in [1.807, 2.05) is 12.3 Å². The van der Waals surface area contributed by atoms with Gasteiger partial charge in [-0.05, 0) is 38.4 Å². The Balaban J connectivity index is 1.51. The van der Waals surface area contributed by atoms with E-state index in [9.17, 15) is 0 Å². The van der Waals surface area contributed by atoms with Gasteiger partial charge in [0, 0.05) is 31.2 Å². The van der Waals surface area contributed by atoms with Crippen LogP contribution in [-0.2, 0) is 6.54 Å². The molecule has 1 aromatic heterocycles. The summed E-state index contributed by atoms with van der Waals surface area (Å²) in [6.07, 6.45) is 4.33. The fourth-order valence-corrected chi connectivity index (χ4v) is 2.72. The molecular formula is C18H24N4. The zero-order valence-corrected chi connectivity index (χ0v) is 13.4. The molecular weight excluding hydrogens is 272 g/mol. The summed E-state index contributed by atoms with van der Waals surface area (Å²) in [5, 5.41) is 3.49. The molecule has 0 spiro atoms. The Labute approximate surface area is 132 Å². The monoisotopic (exact) mass is 296 g/mol. The maximum atomic E-state index is 4.63. The van der Waals surface area contributed by atoms with E-state index in [-0.39, 0.29) is 0 Å². The SMILES string of the molecule is CC(CN(C)Cc1ccccc1)Nc1ccnc(C2CC2)n1. The molecule has 1 aromatic carbocycles. The Morgan fingerprint density at radius 2 is 2.00 bits per heavy atom. The minimum absolute atomic E-state index is 0.343. The van der Waals surface area contributed by atoms with Gasteiger partial charge in [0.2, 0.25) is 0 Å². The van der Waals surface area contributed by atoms with E-state index >= 15 is 0 Å². The first-order valence-electron chi connectivity index (χ1n) is 8.02. The first-order chi connectivity index (χ1) is 10.7. The highest BCUT2D eigenvalue weighted by molar-refractivity contribution is 5.35. The molecule has 0 amide bonds. The largest absolute Gasteiger partial charge is 0.366 e.